The Morgan fingerprint density at radius 1 is 1.26 bits per heavy atom. The van der Waals surface area contributed by atoms with Crippen LogP contribution in [-0.4, -0.2) is 24.9 Å². The Balaban J connectivity index is 2.76. The zero-order valence-corrected chi connectivity index (χ0v) is 13.4. The minimum absolute atomic E-state index is 0.112. The van der Waals surface area contributed by atoms with E-state index in [4.69, 9.17) is 0 Å². The molecule has 0 fully saturated rings. The maximum Gasteiger partial charge on any atom is 0.416 e. The highest BCUT2D eigenvalue weighted by atomic mass is 19.4. The van der Waals surface area contributed by atoms with Gasteiger partial charge in [0.2, 0.25) is 11.8 Å². The summed E-state index contributed by atoms with van der Waals surface area (Å²) < 4.78 is 38.3. The van der Waals surface area contributed by atoms with Gasteiger partial charge in [0.1, 0.15) is 0 Å². The van der Waals surface area contributed by atoms with Crippen molar-refractivity contribution in [2.75, 3.05) is 18.0 Å². The molecule has 0 saturated heterocycles. The molecule has 0 aliphatic carbocycles. The molecule has 0 bridgehead atoms. The van der Waals surface area contributed by atoms with E-state index >= 15 is 0 Å². The van der Waals surface area contributed by atoms with Gasteiger partial charge in [0.15, 0.2) is 0 Å². The summed E-state index contributed by atoms with van der Waals surface area (Å²) in [5.74, 6) is -0.322. The van der Waals surface area contributed by atoms with Crippen molar-refractivity contribution in [1.82, 2.24) is 5.32 Å². The molecule has 1 rings (SSSR count). The third-order valence-corrected chi connectivity index (χ3v) is 3.12. The van der Waals surface area contributed by atoms with Gasteiger partial charge in [0.25, 0.3) is 0 Å². The number of carbonyl (C=O) groups is 2. The molecule has 0 radical (unpaired) electrons. The quantitative estimate of drug-likeness (QED) is 0.871. The lowest BCUT2D eigenvalue weighted by Gasteiger charge is -2.22. The second-order valence-electron chi connectivity index (χ2n) is 5.67. The monoisotopic (exact) mass is 330 g/mol. The van der Waals surface area contributed by atoms with Crippen LogP contribution in [0.4, 0.5) is 18.9 Å². The van der Waals surface area contributed by atoms with E-state index in [0.29, 0.717) is 6.42 Å². The summed E-state index contributed by atoms with van der Waals surface area (Å²) in [6, 6.07) is 4.57. The number of nitrogens with zero attached hydrogens (tertiary/aromatic N) is 1. The molecule has 0 heterocycles. The lowest BCUT2D eigenvalue weighted by atomic mass is 10.1. The summed E-state index contributed by atoms with van der Waals surface area (Å²) in [5.41, 5.74) is -0.657. The van der Waals surface area contributed by atoms with E-state index in [1.165, 1.54) is 24.0 Å². The Hall–Kier alpha value is -2.05. The average Bonchev–Trinajstić information content (AvgIpc) is 2.41. The number of amides is 2. The van der Waals surface area contributed by atoms with E-state index in [0.717, 1.165) is 12.1 Å². The summed E-state index contributed by atoms with van der Waals surface area (Å²) in [4.78, 5) is 24.5. The van der Waals surface area contributed by atoms with E-state index in [2.05, 4.69) is 5.32 Å². The lowest BCUT2D eigenvalue weighted by Crippen LogP contribution is -2.37. The molecule has 0 spiro atoms. The second kappa shape index (κ2) is 7.99. The largest absolute Gasteiger partial charge is 0.416 e. The van der Waals surface area contributed by atoms with E-state index in [-0.39, 0.29) is 36.5 Å². The fourth-order valence-electron chi connectivity index (χ4n) is 2.07. The number of nitrogens with one attached hydrogen (secondary N) is 1. The minimum Gasteiger partial charge on any atom is -0.354 e. The normalized spacial score (nSPS) is 11.4. The van der Waals surface area contributed by atoms with Gasteiger partial charge in [-0.15, -0.1) is 0 Å². The third-order valence-electron chi connectivity index (χ3n) is 3.12. The Kier molecular flexibility index (Phi) is 6.60. The fourth-order valence-corrected chi connectivity index (χ4v) is 2.07. The smallest absolute Gasteiger partial charge is 0.354 e. The standard InChI is InChI=1S/C16H21F3N2O2/c1-11(2)9-15(23)20-7-8-21(12(3)22)14-6-4-5-13(10-14)16(17,18)19/h4-6,10-11H,7-9H2,1-3H3,(H,20,23). The van der Waals surface area contributed by atoms with Crippen LogP contribution >= 0.6 is 0 Å². The first-order chi connectivity index (χ1) is 10.6. The topological polar surface area (TPSA) is 49.4 Å². The molecular formula is C16H21F3N2O2. The average molecular weight is 330 g/mol. The molecule has 128 valence electrons. The van der Waals surface area contributed by atoms with Gasteiger partial charge in [-0.2, -0.15) is 13.2 Å². The van der Waals surface area contributed by atoms with Crippen LogP contribution in [0, 0.1) is 5.92 Å². The highest BCUT2D eigenvalue weighted by Gasteiger charge is 2.31. The molecule has 1 aromatic carbocycles. The summed E-state index contributed by atoms with van der Waals surface area (Å²) >= 11 is 0. The molecular weight excluding hydrogens is 309 g/mol. The van der Waals surface area contributed by atoms with E-state index in [1.807, 2.05) is 13.8 Å². The molecule has 0 aromatic heterocycles. The van der Waals surface area contributed by atoms with Crippen molar-refractivity contribution in [2.24, 2.45) is 5.92 Å². The minimum atomic E-state index is -4.47. The molecule has 2 amide bonds. The lowest BCUT2D eigenvalue weighted by molar-refractivity contribution is -0.137. The number of carbonyl (C=O) groups excluding carboxylic acids is 2. The number of rotatable bonds is 6. The Morgan fingerprint density at radius 2 is 1.91 bits per heavy atom. The predicted octanol–water partition coefficient (Wildman–Crippen LogP) is 3.22. The van der Waals surface area contributed by atoms with Gasteiger partial charge in [0.05, 0.1) is 5.56 Å². The van der Waals surface area contributed by atoms with Crippen molar-refractivity contribution in [1.29, 1.82) is 0 Å². The molecule has 0 saturated carbocycles. The van der Waals surface area contributed by atoms with Gasteiger partial charge in [0, 0.05) is 32.1 Å². The van der Waals surface area contributed by atoms with Crippen LogP contribution in [0.15, 0.2) is 24.3 Å². The van der Waals surface area contributed by atoms with Crippen LogP contribution in [0.5, 0.6) is 0 Å². The van der Waals surface area contributed by atoms with Gasteiger partial charge in [-0.1, -0.05) is 19.9 Å². The SMILES string of the molecule is CC(=O)N(CCNC(=O)CC(C)C)c1cccc(C(F)(F)F)c1. The number of halogens is 3. The van der Waals surface area contributed by atoms with Crippen LogP contribution in [0.3, 0.4) is 0 Å². The van der Waals surface area contributed by atoms with Crippen LogP contribution in [0.2, 0.25) is 0 Å². The van der Waals surface area contributed by atoms with E-state index < -0.39 is 11.7 Å². The molecule has 0 atom stereocenters. The van der Waals surface area contributed by atoms with Crippen LogP contribution in [0.1, 0.15) is 32.8 Å². The maximum atomic E-state index is 12.8. The maximum absolute atomic E-state index is 12.8. The van der Waals surface area contributed by atoms with Crippen molar-refractivity contribution < 1.29 is 22.8 Å². The summed E-state index contributed by atoms with van der Waals surface area (Å²) in [6.07, 6.45) is -4.10. The van der Waals surface area contributed by atoms with Crippen LogP contribution < -0.4 is 10.2 Å². The highest BCUT2D eigenvalue weighted by Crippen LogP contribution is 2.31. The highest BCUT2D eigenvalue weighted by molar-refractivity contribution is 5.91. The van der Waals surface area contributed by atoms with Crippen molar-refractivity contribution in [3.63, 3.8) is 0 Å². The van der Waals surface area contributed by atoms with Gasteiger partial charge >= 0.3 is 6.18 Å². The van der Waals surface area contributed by atoms with E-state index in [9.17, 15) is 22.8 Å². The van der Waals surface area contributed by atoms with Crippen molar-refractivity contribution in [3.8, 4) is 0 Å². The van der Waals surface area contributed by atoms with E-state index in [1.54, 1.807) is 0 Å². The van der Waals surface area contributed by atoms with Crippen LogP contribution in [0.25, 0.3) is 0 Å². The van der Waals surface area contributed by atoms with Crippen molar-refractivity contribution in [3.05, 3.63) is 29.8 Å². The Morgan fingerprint density at radius 3 is 2.43 bits per heavy atom. The molecule has 7 heteroatoms. The Bertz CT molecular complexity index is 557. The first kappa shape index (κ1) is 19.0. The molecule has 0 aliphatic heterocycles. The third kappa shape index (κ3) is 6.30. The van der Waals surface area contributed by atoms with Gasteiger partial charge < -0.3 is 10.2 Å². The molecule has 23 heavy (non-hydrogen) atoms. The molecule has 0 unspecified atom stereocenters. The van der Waals surface area contributed by atoms with Gasteiger partial charge in [-0.25, -0.2) is 0 Å². The number of hydrogen-bond donors (Lipinski definition) is 1. The van der Waals surface area contributed by atoms with Gasteiger partial charge in [-0.3, -0.25) is 9.59 Å². The zero-order valence-electron chi connectivity index (χ0n) is 13.4. The Labute approximate surface area is 133 Å². The number of hydrogen-bond acceptors (Lipinski definition) is 2. The predicted molar refractivity (Wildman–Crippen MR) is 81.9 cm³/mol. The zero-order chi connectivity index (χ0) is 17.6. The second-order valence-corrected chi connectivity index (χ2v) is 5.67. The molecule has 4 nitrogen and oxygen atoms in total. The summed E-state index contributed by atoms with van der Waals surface area (Å²) in [6.45, 7) is 5.38. The fraction of sp³-hybridized carbons (Fsp3) is 0.500. The molecule has 1 aromatic rings. The first-order valence-corrected chi connectivity index (χ1v) is 7.33. The summed E-state index contributed by atoms with van der Waals surface area (Å²) in [5, 5.41) is 2.66. The van der Waals surface area contributed by atoms with Crippen molar-refractivity contribution >= 4 is 17.5 Å². The van der Waals surface area contributed by atoms with Crippen LogP contribution in [-0.2, 0) is 15.8 Å². The summed E-state index contributed by atoms with van der Waals surface area (Å²) in [7, 11) is 0. The number of benzene rings is 1. The number of anilines is 1. The first-order valence-electron chi connectivity index (χ1n) is 7.33. The number of alkyl halides is 3. The molecule has 0 aliphatic rings. The van der Waals surface area contributed by atoms with Gasteiger partial charge in [-0.05, 0) is 24.1 Å². The molecule has 1 N–H and O–H groups in total. The van der Waals surface area contributed by atoms with Crippen molar-refractivity contribution in [2.45, 2.75) is 33.4 Å².